The standard InChI is InChI=1S/C21H22N4O/c1-25-13-16-8-7-14(11-18(16)24-25)15-9-10-20-19(12-15)23-21(26-20)22-17-5-3-2-4-6-17/h7-13,17H,2-6H2,1H3,(H,22,23). The summed E-state index contributed by atoms with van der Waals surface area (Å²) in [5, 5.41) is 9.12. The molecule has 5 heteroatoms. The molecule has 1 N–H and O–H groups in total. The fraction of sp³-hybridized carbons (Fsp3) is 0.333. The van der Waals surface area contributed by atoms with Crippen LogP contribution in [0.4, 0.5) is 6.01 Å². The molecule has 1 aliphatic carbocycles. The number of nitrogens with one attached hydrogen (secondary N) is 1. The number of benzene rings is 2. The second kappa shape index (κ2) is 6.16. The molecular formula is C21H22N4O. The third-order valence-electron chi connectivity index (χ3n) is 5.28. The minimum absolute atomic E-state index is 0.489. The normalized spacial score (nSPS) is 15.7. The van der Waals surface area contributed by atoms with Crippen LogP contribution >= 0.6 is 0 Å². The third kappa shape index (κ3) is 2.83. The molecule has 2 aromatic carbocycles. The maximum atomic E-state index is 5.90. The smallest absolute Gasteiger partial charge is 0.295 e. The summed E-state index contributed by atoms with van der Waals surface area (Å²) < 4.78 is 7.74. The number of oxazole rings is 1. The van der Waals surface area contributed by atoms with Crippen LogP contribution in [0.5, 0.6) is 0 Å². The Morgan fingerprint density at radius 3 is 2.62 bits per heavy atom. The van der Waals surface area contributed by atoms with Gasteiger partial charge in [-0.25, -0.2) is 0 Å². The van der Waals surface area contributed by atoms with Crippen LogP contribution in [-0.4, -0.2) is 20.8 Å². The predicted octanol–water partition coefficient (Wildman–Crippen LogP) is 5.13. The van der Waals surface area contributed by atoms with E-state index in [0.29, 0.717) is 12.1 Å². The number of hydrogen-bond acceptors (Lipinski definition) is 4. The highest BCUT2D eigenvalue weighted by atomic mass is 16.4. The second-order valence-corrected chi connectivity index (χ2v) is 7.26. The van der Waals surface area contributed by atoms with E-state index in [4.69, 9.17) is 4.42 Å². The van der Waals surface area contributed by atoms with Gasteiger partial charge in [-0.1, -0.05) is 37.5 Å². The average Bonchev–Trinajstić information content (AvgIpc) is 3.22. The lowest BCUT2D eigenvalue weighted by Crippen LogP contribution is -2.22. The topological polar surface area (TPSA) is 55.9 Å². The Bertz CT molecular complexity index is 1070. The number of aryl methyl sites for hydroxylation is 1. The van der Waals surface area contributed by atoms with Crippen molar-refractivity contribution in [3.05, 3.63) is 42.6 Å². The van der Waals surface area contributed by atoms with Gasteiger partial charge in [-0.05, 0) is 42.2 Å². The molecule has 2 heterocycles. The van der Waals surface area contributed by atoms with E-state index in [1.54, 1.807) is 0 Å². The molecule has 5 nitrogen and oxygen atoms in total. The number of nitrogens with zero attached hydrogens (tertiary/aromatic N) is 3. The first-order valence-corrected chi connectivity index (χ1v) is 9.35. The van der Waals surface area contributed by atoms with Crippen LogP contribution in [0.3, 0.4) is 0 Å². The van der Waals surface area contributed by atoms with Gasteiger partial charge in [0.15, 0.2) is 5.58 Å². The Hall–Kier alpha value is -2.82. The molecule has 132 valence electrons. The summed E-state index contributed by atoms with van der Waals surface area (Å²) in [7, 11) is 1.95. The number of fused-ring (bicyclic) bond motifs is 2. The van der Waals surface area contributed by atoms with Crippen LogP contribution in [0, 0.1) is 0 Å². The molecule has 0 amide bonds. The second-order valence-electron chi connectivity index (χ2n) is 7.26. The number of anilines is 1. The van der Waals surface area contributed by atoms with Crippen LogP contribution in [0.2, 0.25) is 0 Å². The summed E-state index contributed by atoms with van der Waals surface area (Å²) in [5.41, 5.74) is 4.99. The molecule has 0 bridgehead atoms. The van der Waals surface area contributed by atoms with Crippen molar-refractivity contribution >= 4 is 28.0 Å². The summed E-state index contributed by atoms with van der Waals surface area (Å²) in [5.74, 6) is 0. The zero-order valence-electron chi connectivity index (χ0n) is 14.9. The van der Waals surface area contributed by atoms with Crippen molar-refractivity contribution in [3.8, 4) is 11.1 Å². The molecule has 0 radical (unpaired) electrons. The van der Waals surface area contributed by atoms with Gasteiger partial charge in [0, 0.05) is 24.7 Å². The van der Waals surface area contributed by atoms with Crippen molar-refractivity contribution < 1.29 is 4.42 Å². The van der Waals surface area contributed by atoms with Gasteiger partial charge in [0.2, 0.25) is 0 Å². The van der Waals surface area contributed by atoms with E-state index in [0.717, 1.165) is 33.1 Å². The van der Waals surface area contributed by atoms with Gasteiger partial charge in [-0.3, -0.25) is 4.68 Å². The fourth-order valence-electron chi connectivity index (χ4n) is 3.91. The first-order chi connectivity index (χ1) is 12.7. The molecule has 1 fully saturated rings. The highest BCUT2D eigenvalue weighted by Crippen LogP contribution is 2.29. The molecule has 26 heavy (non-hydrogen) atoms. The molecule has 1 saturated carbocycles. The lowest BCUT2D eigenvalue weighted by Gasteiger charge is -2.21. The van der Waals surface area contributed by atoms with E-state index in [-0.39, 0.29) is 0 Å². The zero-order chi connectivity index (χ0) is 17.5. The highest BCUT2D eigenvalue weighted by Gasteiger charge is 2.16. The lowest BCUT2D eigenvalue weighted by atomic mass is 9.96. The van der Waals surface area contributed by atoms with Crippen LogP contribution in [-0.2, 0) is 7.05 Å². The number of aromatic nitrogens is 3. The van der Waals surface area contributed by atoms with Gasteiger partial charge in [-0.15, -0.1) is 0 Å². The van der Waals surface area contributed by atoms with Crippen LogP contribution in [0.15, 0.2) is 47.0 Å². The van der Waals surface area contributed by atoms with Crippen molar-refractivity contribution in [2.45, 2.75) is 38.1 Å². The molecule has 0 atom stereocenters. The Morgan fingerprint density at radius 1 is 1.00 bits per heavy atom. The van der Waals surface area contributed by atoms with E-state index in [9.17, 15) is 0 Å². The van der Waals surface area contributed by atoms with E-state index in [1.165, 1.54) is 32.1 Å². The monoisotopic (exact) mass is 346 g/mol. The van der Waals surface area contributed by atoms with Crippen LogP contribution in [0.1, 0.15) is 32.1 Å². The Balaban J connectivity index is 1.46. The lowest BCUT2D eigenvalue weighted by molar-refractivity contribution is 0.451. The van der Waals surface area contributed by atoms with Crippen molar-refractivity contribution in [1.29, 1.82) is 0 Å². The minimum Gasteiger partial charge on any atom is -0.424 e. The maximum absolute atomic E-state index is 5.90. The number of rotatable bonds is 3. The van der Waals surface area contributed by atoms with Gasteiger partial charge < -0.3 is 9.73 Å². The fourth-order valence-corrected chi connectivity index (χ4v) is 3.91. The molecule has 4 aromatic rings. The SMILES string of the molecule is Cn1cc2ccc(-c3ccc4oc(NC5CCCCC5)nc4c3)cc2n1. The van der Waals surface area contributed by atoms with E-state index >= 15 is 0 Å². The third-order valence-corrected chi connectivity index (χ3v) is 5.28. The molecule has 0 unspecified atom stereocenters. The Kier molecular flexibility index (Phi) is 3.66. The number of hydrogen-bond donors (Lipinski definition) is 1. The van der Waals surface area contributed by atoms with Crippen molar-refractivity contribution in [2.24, 2.45) is 7.05 Å². The van der Waals surface area contributed by atoms with Crippen molar-refractivity contribution in [3.63, 3.8) is 0 Å². The molecule has 0 saturated heterocycles. The van der Waals surface area contributed by atoms with E-state index in [2.05, 4.69) is 45.7 Å². The minimum atomic E-state index is 0.489. The summed E-state index contributed by atoms with van der Waals surface area (Å²) in [6.45, 7) is 0. The largest absolute Gasteiger partial charge is 0.424 e. The summed E-state index contributed by atoms with van der Waals surface area (Å²) in [6, 6.07) is 13.7. The first kappa shape index (κ1) is 15.4. The Labute approximate surface area is 152 Å². The molecule has 0 aliphatic heterocycles. The Morgan fingerprint density at radius 2 is 1.77 bits per heavy atom. The maximum Gasteiger partial charge on any atom is 0.295 e. The average molecular weight is 346 g/mol. The molecule has 2 aromatic heterocycles. The van der Waals surface area contributed by atoms with Crippen LogP contribution in [0.25, 0.3) is 33.1 Å². The summed E-state index contributed by atoms with van der Waals surface area (Å²) in [6.07, 6.45) is 8.36. The van der Waals surface area contributed by atoms with E-state index < -0.39 is 0 Å². The van der Waals surface area contributed by atoms with Gasteiger partial charge >= 0.3 is 0 Å². The molecular weight excluding hydrogens is 324 g/mol. The first-order valence-electron chi connectivity index (χ1n) is 9.35. The highest BCUT2D eigenvalue weighted by molar-refractivity contribution is 5.87. The van der Waals surface area contributed by atoms with Gasteiger partial charge in [0.1, 0.15) is 5.52 Å². The molecule has 5 rings (SSSR count). The quantitative estimate of drug-likeness (QED) is 0.559. The van der Waals surface area contributed by atoms with Crippen molar-refractivity contribution in [1.82, 2.24) is 14.8 Å². The zero-order valence-corrected chi connectivity index (χ0v) is 14.9. The van der Waals surface area contributed by atoms with Gasteiger partial charge in [-0.2, -0.15) is 10.1 Å². The molecule has 0 spiro atoms. The summed E-state index contributed by atoms with van der Waals surface area (Å²) in [4.78, 5) is 4.66. The van der Waals surface area contributed by atoms with Crippen molar-refractivity contribution in [2.75, 3.05) is 5.32 Å². The van der Waals surface area contributed by atoms with E-state index in [1.807, 2.05) is 24.0 Å². The predicted molar refractivity (Wildman–Crippen MR) is 104 cm³/mol. The van der Waals surface area contributed by atoms with Crippen LogP contribution < -0.4 is 5.32 Å². The van der Waals surface area contributed by atoms with Gasteiger partial charge in [0.25, 0.3) is 6.01 Å². The van der Waals surface area contributed by atoms with Gasteiger partial charge in [0.05, 0.1) is 5.52 Å². The molecule has 1 aliphatic rings. The summed E-state index contributed by atoms with van der Waals surface area (Å²) >= 11 is 0.